The molecule has 0 spiro atoms. The molecule has 3 aromatic carbocycles. The van der Waals surface area contributed by atoms with Crippen LogP contribution in [0.3, 0.4) is 0 Å². The lowest BCUT2D eigenvalue weighted by atomic mass is 9.93. The van der Waals surface area contributed by atoms with E-state index in [1.54, 1.807) is 24.3 Å². The van der Waals surface area contributed by atoms with Crippen LogP contribution in [0, 0.1) is 0 Å². The summed E-state index contributed by atoms with van der Waals surface area (Å²) in [5.41, 5.74) is 6.81. The number of imide groups is 1. The molecule has 0 aromatic heterocycles. The standard InChI is InChI=1S/C19H11ClN2O4/c20-14-5-4-10(19(25)26)7-15(14)22-17(23)12-3-1-2-9-6-11(21)8-13(16(9)12)18(22)24/h1-8H,21H2,(H,25,26). The Labute approximate surface area is 152 Å². The largest absolute Gasteiger partial charge is 0.478 e. The molecule has 0 fully saturated rings. The molecular weight excluding hydrogens is 356 g/mol. The van der Waals surface area contributed by atoms with Gasteiger partial charge in [-0.2, -0.15) is 0 Å². The van der Waals surface area contributed by atoms with Gasteiger partial charge in [0.05, 0.1) is 21.8 Å². The van der Waals surface area contributed by atoms with Gasteiger partial charge in [-0.3, -0.25) is 9.59 Å². The lowest BCUT2D eigenvalue weighted by Crippen LogP contribution is -2.40. The Morgan fingerprint density at radius 2 is 1.73 bits per heavy atom. The molecule has 0 bridgehead atoms. The molecule has 0 saturated heterocycles. The van der Waals surface area contributed by atoms with Crippen LogP contribution >= 0.6 is 11.6 Å². The van der Waals surface area contributed by atoms with Crippen molar-refractivity contribution in [1.82, 2.24) is 0 Å². The van der Waals surface area contributed by atoms with Crippen molar-refractivity contribution in [2.24, 2.45) is 0 Å². The highest BCUT2D eigenvalue weighted by atomic mass is 35.5. The van der Waals surface area contributed by atoms with Gasteiger partial charge in [-0.25, -0.2) is 9.69 Å². The molecule has 3 N–H and O–H groups in total. The van der Waals surface area contributed by atoms with Crippen LogP contribution in [-0.2, 0) is 0 Å². The third-order valence-electron chi connectivity index (χ3n) is 4.30. The normalized spacial score (nSPS) is 13.3. The molecule has 0 atom stereocenters. The van der Waals surface area contributed by atoms with Crippen LogP contribution in [-0.4, -0.2) is 22.9 Å². The molecule has 2 amide bonds. The first kappa shape index (κ1) is 16.1. The Kier molecular flexibility index (Phi) is 3.45. The van der Waals surface area contributed by atoms with Crippen LogP contribution in [0.15, 0.2) is 48.5 Å². The topological polar surface area (TPSA) is 101 Å². The number of rotatable bonds is 2. The third-order valence-corrected chi connectivity index (χ3v) is 4.62. The number of hydrogen-bond acceptors (Lipinski definition) is 4. The average Bonchev–Trinajstić information content (AvgIpc) is 2.60. The number of aromatic carboxylic acids is 1. The van der Waals surface area contributed by atoms with Crippen LogP contribution in [0.25, 0.3) is 10.8 Å². The first-order valence-electron chi connectivity index (χ1n) is 7.62. The quantitative estimate of drug-likeness (QED) is 0.533. The molecule has 4 rings (SSSR count). The van der Waals surface area contributed by atoms with Gasteiger partial charge in [0.2, 0.25) is 0 Å². The molecule has 7 heteroatoms. The SMILES string of the molecule is Nc1cc2c3c(cccc3c1)C(=O)N(c1cc(C(=O)O)ccc1Cl)C2=O. The summed E-state index contributed by atoms with van der Waals surface area (Å²) in [6, 6.07) is 12.1. The Morgan fingerprint density at radius 3 is 2.46 bits per heavy atom. The summed E-state index contributed by atoms with van der Waals surface area (Å²) in [6.45, 7) is 0. The number of hydrogen-bond donors (Lipinski definition) is 2. The summed E-state index contributed by atoms with van der Waals surface area (Å²) in [7, 11) is 0. The van der Waals surface area contributed by atoms with Crippen molar-refractivity contribution in [2.45, 2.75) is 0 Å². The van der Waals surface area contributed by atoms with Crippen LogP contribution in [0.1, 0.15) is 31.1 Å². The molecule has 26 heavy (non-hydrogen) atoms. The highest BCUT2D eigenvalue weighted by Gasteiger charge is 2.35. The summed E-state index contributed by atoms with van der Waals surface area (Å²) in [5, 5.41) is 10.5. The lowest BCUT2D eigenvalue weighted by molar-refractivity contribution is 0.0695. The van der Waals surface area contributed by atoms with Gasteiger partial charge in [-0.1, -0.05) is 23.7 Å². The van der Waals surface area contributed by atoms with Gasteiger partial charge in [0.25, 0.3) is 11.8 Å². The summed E-state index contributed by atoms with van der Waals surface area (Å²) < 4.78 is 0. The van der Waals surface area contributed by atoms with Gasteiger partial charge in [0, 0.05) is 16.6 Å². The number of carbonyl (C=O) groups is 3. The number of carboxylic acids is 1. The van der Waals surface area contributed by atoms with E-state index in [1.807, 2.05) is 0 Å². The van der Waals surface area contributed by atoms with Crippen molar-refractivity contribution >= 4 is 51.5 Å². The number of benzene rings is 3. The van der Waals surface area contributed by atoms with Crippen LogP contribution < -0.4 is 10.6 Å². The van der Waals surface area contributed by atoms with Gasteiger partial charge in [0.1, 0.15) is 0 Å². The second-order valence-corrected chi connectivity index (χ2v) is 6.30. The zero-order valence-electron chi connectivity index (χ0n) is 13.2. The van der Waals surface area contributed by atoms with Crippen LogP contribution in [0.2, 0.25) is 5.02 Å². The Balaban J connectivity index is 1.99. The van der Waals surface area contributed by atoms with Crippen molar-refractivity contribution in [3.05, 3.63) is 70.2 Å². The second-order valence-electron chi connectivity index (χ2n) is 5.89. The molecule has 3 aromatic rings. The van der Waals surface area contributed by atoms with Crippen molar-refractivity contribution < 1.29 is 19.5 Å². The van der Waals surface area contributed by atoms with Crippen molar-refractivity contribution in [3.8, 4) is 0 Å². The number of carbonyl (C=O) groups excluding carboxylic acids is 2. The molecule has 0 radical (unpaired) electrons. The van der Waals surface area contributed by atoms with E-state index >= 15 is 0 Å². The molecular formula is C19H11ClN2O4. The maximum atomic E-state index is 13.0. The smallest absolute Gasteiger partial charge is 0.335 e. The van der Waals surface area contributed by atoms with Gasteiger partial charge in [-0.05, 0) is 41.8 Å². The maximum Gasteiger partial charge on any atom is 0.335 e. The van der Waals surface area contributed by atoms with Gasteiger partial charge >= 0.3 is 5.97 Å². The van der Waals surface area contributed by atoms with E-state index < -0.39 is 17.8 Å². The molecule has 6 nitrogen and oxygen atoms in total. The zero-order valence-corrected chi connectivity index (χ0v) is 13.9. The van der Waals surface area contributed by atoms with E-state index in [1.165, 1.54) is 24.3 Å². The minimum absolute atomic E-state index is 0.0200. The summed E-state index contributed by atoms with van der Waals surface area (Å²) in [5.74, 6) is -2.36. The van der Waals surface area contributed by atoms with Crippen molar-refractivity contribution in [1.29, 1.82) is 0 Å². The third kappa shape index (κ3) is 2.23. The Morgan fingerprint density at radius 1 is 1.00 bits per heavy atom. The van der Waals surface area contributed by atoms with Crippen molar-refractivity contribution in [3.63, 3.8) is 0 Å². The first-order valence-corrected chi connectivity index (χ1v) is 8.00. The van der Waals surface area contributed by atoms with Gasteiger partial charge in [0.15, 0.2) is 0 Å². The van der Waals surface area contributed by atoms with Crippen LogP contribution in [0.5, 0.6) is 0 Å². The number of anilines is 2. The van der Waals surface area contributed by atoms with E-state index in [2.05, 4.69) is 0 Å². The summed E-state index contributed by atoms with van der Waals surface area (Å²) >= 11 is 6.16. The van der Waals surface area contributed by atoms with E-state index in [4.69, 9.17) is 17.3 Å². The number of amides is 2. The molecule has 1 aliphatic rings. The number of nitrogens with two attached hydrogens (primary N) is 1. The van der Waals surface area contributed by atoms with E-state index in [-0.39, 0.29) is 21.8 Å². The Bertz CT molecular complexity index is 1140. The maximum absolute atomic E-state index is 13.0. The van der Waals surface area contributed by atoms with E-state index in [0.29, 0.717) is 22.0 Å². The lowest BCUT2D eigenvalue weighted by Gasteiger charge is -2.28. The number of halogens is 1. The number of nitrogens with zero attached hydrogens (tertiary/aromatic N) is 1. The number of carboxylic acid groups (broad SMARTS) is 1. The van der Waals surface area contributed by atoms with Gasteiger partial charge in [-0.15, -0.1) is 0 Å². The minimum atomic E-state index is -1.19. The fourth-order valence-electron chi connectivity index (χ4n) is 3.17. The number of nitrogen functional groups attached to an aromatic ring is 1. The van der Waals surface area contributed by atoms with E-state index in [0.717, 1.165) is 4.90 Å². The highest BCUT2D eigenvalue weighted by molar-refractivity contribution is 6.40. The Hall–Kier alpha value is -3.38. The summed E-state index contributed by atoms with van der Waals surface area (Å²) in [4.78, 5) is 38.2. The summed E-state index contributed by atoms with van der Waals surface area (Å²) in [6.07, 6.45) is 0. The van der Waals surface area contributed by atoms with Crippen molar-refractivity contribution in [2.75, 3.05) is 10.6 Å². The van der Waals surface area contributed by atoms with Crippen LogP contribution in [0.4, 0.5) is 11.4 Å². The molecule has 1 heterocycles. The predicted molar refractivity (Wildman–Crippen MR) is 97.9 cm³/mol. The van der Waals surface area contributed by atoms with Gasteiger partial charge < -0.3 is 10.8 Å². The second kappa shape index (κ2) is 5.57. The zero-order chi connectivity index (χ0) is 18.6. The fraction of sp³-hybridized carbons (Fsp3) is 0. The average molecular weight is 367 g/mol. The molecule has 128 valence electrons. The molecule has 0 aliphatic carbocycles. The van der Waals surface area contributed by atoms with E-state index in [9.17, 15) is 19.5 Å². The predicted octanol–water partition coefficient (Wildman–Crippen LogP) is 3.57. The first-order chi connectivity index (χ1) is 12.4. The molecule has 0 saturated carbocycles. The molecule has 0 unspecified atom stereocenters. The molecule has 1 aliphatic heterocycles. The fourth-order valence-corrected chi connectivity index (χ4v) is 3.37. The highest BCUT2D eigenvalue weighted by Crippen LogP contribution is 2.37. The monoisotopic (exact) mass is 366 g/mol. The minimum Gasteiger partial charge on any atom is -0.478 e.